The molecule has 100 valence electrons. The highest BCUT2D eigenvalue weighted by atomic mass is 79.9. The van der Waals surface area contributed by atoms with Crippen LogP contribution in [0.2, 0.25) is 0 Å². The molecule has 1 aromatic rings. The van der Waals surface area contributed by atoms with E-state index in [1.807, 2.05) is 6.20 Å². The zero-order valence-electron chi connectivity index (χ0n) is 11.7. The van der Waals surface area contributed by atoms with Crippen LogP contribution in [0.15, 0.2) is 16.7 Å². The van der Waals surface area contributed by atoms with Gasteiger partial charge in [-0.3, -0.25) is 0 Å². The number of piperidine rings is 1. The lowest BCUT2D eigenvalue weighted by atomic mass is 9.74. The van der Waals surface area contributed by atoms with E-state index in [1.54, 1.807) is 0 Å². The van der Waals surface area contributed by atoms with Crippen molar-refractivity contribution in [1.29, 1.82) is 0 Å². The van der Waals surface area contributed by atoms with Crippen LogP contribution in [0.5, 0.6) is 0 Å². The molecule has 1 aromatic heterocycles. The molecule has 1 aliphatic rings. The van der Waals surface area contributed by atoms with Crippen LogP contribution in [0.3, 0.4) is 0 Å². The average molecular weight is 311 g/mol. The Morgan fingerprint density at radius 1 is 1.28 bits per heavy atom. The summed E-state index contributed by atoms with van der Waals surface area (Å²) in [7, 11) is 0. The van der Waals surface area contributed by atoms with Gasteiger partial charge in [-0.2, -0.15) is 0 Å². The molecule has 0 saturated carbocycles. The zero-order chi connectivity index (χ0) is 13.2. The summed E-state index contributed by atoms with van der Waals surface area (Å²) < 4.78 is 1.10. The van der Waals surface area contributed by atoms with Crippen molar-refractivity contribution in [1.82, 2.24) is 4.98 Å². The summed E-state index contributed by atoms with van der Waals surface area (Å²) in [4.78, 5) is 6.97. The third-order valence-electron chi connectivity index (χ3n) is 4.68. The van der Waals surface area contributed by atoms with Gasteiger partial charge in [0.05, 0.1) is 0 Å². The number of aryl methyl sites for hydroxylation is 1. The molecule has 0 aliphatic carbocycles. The maximum atomic E-state index is 4.54. The normalized spacial score (nSPS) is 19.0. The van der Waals surface area contributed by atoms with E-state index < -0.39 is 0 Å². The van der Waals surface area contributed by atoms with Crippen molar-refractivity contribution < 1.29 is 0 Å². The fourth-order valence-electron chi connectivity index (χ4n) is 2.86. The van der Waals surface area contributed by atoms with E-state index in [-0.39, 0.29) is 0 Å². The van der Waals surface area contributed by atoms with Gasteiger partial charge in [0.25, 0.3) is 0 Å². The number of aromatic nitrogens is 1. The minimum absolute atomic E-state index is 0.584. The Balaban J connectivity index is 2.07. The van der Waals surface area contributed by atoms with Gasteiger partial charge in [-0.1, -0.05) is 26.7 Å². The largest absolute Gasteiger partial charge is 0.357 e. The van der Waals surface area contributed by atoms with E-state index in [1.165, 1.54) is 31.2 Å². The molecule has 2 rings (SSSR count). The first-order valence-electron chi connectivity index (χ1n) is 6.97. The quantitative estimate of drug-likeness (QED) is 0.813. The molecule has 0 radical (unpaired) electrons. The zero-order valence-corrected chi connectivity index (χ0v) is 13.3. The lowest BCUT2D eigenvalue weighted by molar-refractivity contribution is 0.199. The Bertz CT molecular complexity index is 403. The van der Waals surface area contributed by atoms with Crippen LogP contribution < -0.4 is 4.90 Å². The molecular formula is C15H23BrN2. The van der Waals surface area contributed by atoms with Crippen molar-refractivity contribution in [3.05, 3.63) is 22.3 Å². The van der Waals surface area contributed by atoms with Crippen LogP contribution in [-0.2, 0) is 0 Å². The number of hydrogen-bond acceptors (Lipinski definition) is 2. The summed E-state index contributed by atoms with van der Waals surface area (Å²) in [5.41, 5.74) is 1.85. The molecule has 18 heavy (non-hydrogen) atoms. The van der Waals surface area contributed by atoms with E-state index in [0.717, 1.165) is 23.4 Å². The molecule has 1 fully saturated rings. The topological polar surface area (TPSA) is 16.1 Å². The first-order chi connectivity index (χ1) is 8.60. The Morgan fingerprint density at radius 3 is 2.39 bits per heavy atom. The van der Waals surface area contributed by atoms with Gasteiger partial charge in [0.1, 0.15) is 5.82 Å². The lowest BCUT2D eigenvalue weighted by Gasteiger charge is -2.41. The van der Waals surface area contributed by atoms with Gasteiger partial charge in [-0.05, 0) is 52.7 Å². The van der Waals surface area contributed by atoms with Crippen LogP contribution in [0.25, 0.3) is 0 Å². The van der Waals surface area contributed by atoms with Crippen molar-refractivity contribution in [3.63, 3.8) is 0 Å². The fourth-order valence-corrected chi connectivity index (χ4v) is 3.08. The minimum atomic E-state index is 0.584. The van der Waals surface area contributed by atoms with Gasteiger partial charge >= 0.3 is 0 Å². The molecule has 0 aromatic carbocycles. The average Bonchev–Trinajstić information content (AvgIpc) is 2.42. The maximum absolute atomic E-state index is 4.54. The van der Waals surface area contributed by atoms with Crippen molar-refractivity contribution in [3.8, 4) is 0 Å². The minimum Gasteiger partial charge on any atom is -0.357 e. The van der Waals surface area contributed by atoms with E-state index >= 15 is 0 Å². The molecular weight excluding hydrogens is 288 g/mol. The summed E-state index contributed by atoms with van der Waals surface area (Å²) in [6.45, 7) is 9.09. The molecule has 0 atom stereocenters. The third kappa shape index (κ3) is 2.71. The second-order valence-electron chi connectivity index (χ2n) is 5.49. The van der Waals surface area contributed by atoms with Gasteiger partial charge in [0.15, 0.2) is 0 Å². The van der Waals surface area contributed by atoms with Crippen molar-refractivity contribution >= 4 is 21.7 Å². The van der Waals surface area contributed by atoms with Crippen LogP contribution >= 0.6 is 15.9 Å². The SMILES string of the molecule is CCC1(CC)CCN(c2cc(C)c(Br)cn2)CC1. The summed E-state index contributed by atoms with van der Waals surface area (Å²) in [6.07, 6.45) is 7.15. The highest BCUT2D eigenvalue weighted by molar-refractivity contribution is 9.10. The number of pyridine rings is 1. The van der Waals surface area contributed by atoms with Crippen molar-refractivity contribution in [2.45, 2.75) is 46.5 Å². The predicted molar refractivity (Wildman–Crippen MR) is 81.1 cm³/mol. The van der Waals surface area contributed by atoms with Gasteiger partial charge in [-0.15, -0.1) is 0 Å². The summed E-state index contributed by atoms with van der Waals surface area (Å²) in [5, 5.41) is 0. The molecule has 2 nitrogen and oxygen atoms in total. The number of rotatable bonds is 3. The standard InChI is InChI=1S/C15H23BrN2/c1-4-15(5-2)6-8-18(9-7-15)14-10-12(3)13(16)11-17-14/h10-11H,4-9H2,1-3H3. The van der Waals surface area contributed by atoms with E-state index in [2.05, 4.69) is 52.7 Å². The number of halogens is 1. The molecule has 1 saturated heterocycles. The van der Waals surface area contributed by atoms with Crippen molar-refractivity contribution in [2.75, 3.05) is 18.0 Å². The highest BCUT2D eigenvalue weighted by Gasteiger charge is 2.31. The molecule has 0 amide bonds. The summed E-state index contributed by atoms with van der Waals surface area (Å²) in [5.74, 6) is 1.14. The summed E-state index contributed by atoms with van der Waals surface area (Å²) >= 11 is 3.51. The molecule has 1 aliphatic heterocycles. The predicted octanol–water partition coefficient (Wildman–Crippen LogP) is 4.56. The van der Waals surface area contributed by atoms with E-state index in [4.69, 9.17) is 0 Å². The van der Waals surface area contributed by atoms with Gasteiger partial charge in [0, 0.05) is 23.8 Å². The molecule has 0 unspecified atom stereocenters. The number of anilines is 1. The van der Waals surface area contributed by atoms with Gasteiger partial charge < -0.3 is 4.90 Å². The lowest BCUT2D eigenvalue weighted by Crippen LogP contribution is -2.40. The first-order valence-corrected chi connectivity index (χ1v) is 7.76. The third-order valence-corrected chi connectivity index (χ3v) is 5.51. The Labute approximate surface area is 119 Å². The van der Waals surface area contributed by atoms with E-state index in [9.17, 15) is 0 Å². The number of hydrogen-bond donors (Lipinski definition) is 0. The second-order valence-corrected chi connectivity index (χ2v) is 6.34. The van der Waals surface area contributed by atoms with Crippen LogP contribution in [-0.4, -0.2) is 18.1 Å². The Morgan fingerprint density at radius 2 is 1.89 bits per heavy atom. The van der Waals surface area contributed by atoms with Crippen LogP contribution in [0.1, 0.15) is 45.1 Å². The first kappa shape index (κ1) is 13.9. The van der Waals surface area contributed by atoms with Crippen LogP contribution in [0, 0.1) is 12.3 Å². The molecule has 0 spiro atoms. The molecule has 2 heterocycles. The van der Waals surface area contributed by atoms with Crippen molar-refractivity contribution in [2.24, 2.45) is 5.41 Å². The van der Waals surface area contributed by atoms with Crippen LogP contribution in [0.4, 0.5) is 5.82 Å². The smallest absolute Gasteiger partial charge is 0.128 e. The van der Waals surface area contributed by atoms with Gasteiger partial charge in [0.2, 0.25) is 0 Å². The summed E-state index contributed by atoms with van der Waals surface area (Å²) in [6, 6.07) is 2.19. The Kier molecular flexibility index (Phi) is 4.31. The molecule has 3 heteroatoms. The molecule has 0 bridgehead atoms. The highest BCUT2D eigenvalue weighted by Crippen LogP contribution is 2.38. The molecule has 0 N–H and O–H groups in total. The number of nitrogens with zero attached hydrogens (tertiary/aromatic N) is 2. The Hall–Kier alpha value is -0.570. The van der Waals surface area contributed by atoms with Gasteiger partial charge in [-0.25, -0.2) is 4.98 Å². The van der Waals surface area contributed by atoms with E-state index in [0.29, 0.717) is 5.41 Å². The maximum Gasteiger partial charge on any atom is 0.128 e. The monoisotopic (exact) mass is 310 g/mol. The fraction of sp³-hybridized carbons (Fsp3) is 0.667. The second kappa shape index (κ2) is 5.60.